The SMILES string of the molecule is NC(=O)N1CCCC/C=C/C2CC2([C]=O)NC(=O)C2CC(Oc3nc(N4CCOCC4)nc4ccccc34)CC2C1=O. The molecule has 12 heteroatoms. The minimum Gasteiger partial charge on any atom is -0.474 e. The van der Waals surface area contributed by atoms with Crippen LogP contribution in [0.15, 0.2) is 36.4 Å². The largest absolute Gasteiger partial charge is 0.474 e. The molecule has 3 heterocycles. The summed E-state index contributed by atoms with van der Waals surface area (Å²) >= 11 is 0. The van der Waals surface area contributed by atoms with Crippen LogP contribution in [0.2, 0.25) is 0 Å². The Kier molecular flexibility index (Phi) is 7.80. The summed E-state index contributed by atoms with van der Waals surface area (Å²) in [6, 6.07) is 6.68. The van der Waals surface area contributed by atoms with E-state index in [0.717, 1.165) is 17.7 Å². The highest BCUT2D eigenvalue weighted by Crippen LogP contribution is 2.45. The predicted octanol–water partition coefficient (Wildman–Crippen LogP) is 1.87. The number of carbonyl (C=O) groups is 3. The number of carbonyl (C=O) groups excluding carboxylic acids is 4. The van der Waals surface area contributed by atoms with E-state index in [1.807, 2.05) is 47.6 Å². The Morgan fingerprint density at radius 2 is 1.88 bits per heavy atom. The first-order valence-corrected chi connectivity index (χ1v) is 14.6. The van der Waals surface area contributed by atoms with Crippen molar-refractivity contribution in [2.24, 2.45) is 23.5 Å². The quantitative estimate of drug-likeness (QED) is 0.520. The van der Waals surface area contributed by atoms with Crippen molar-refractivity contribution in [1.82, 2.24) is 20.2 Å². The number of aromatic nitrogens is 2. The number of primary amides is 1. The molecule has 4 aliphatic rings. The van der Waals surface area contributed by atoms with E-state index in [1.165, 1.54) is 0 Å². The van der Waals surface area contributed by atoms with Crippen molar-refractivity contribution in [3.8, 4) is 5.88 Å². The molecule has 3 N–H and O–H groups in total. The number of hydrogen-bond acceptors (Lipinski definition) is 9. The molecule has 2 aromatic rings. The minimum absolute atomic E-state index is 0.127. The summed E-state index contributed by atoms with van der Waals surface area (Å²) in [5.41, 5.74) is 5.25. The van der Waals surface area contributed by atoms with Crippen LogP contribution < -0.4 is 20.7 Å². The summed E-state index contributed by atoms with van der Waals surface area (Å²) in [6.45, 7) is 2.61. The Bertz CT molecular complexity index is 1410. The number of allylic oxidation sites excluding steroid dienone is 1. The van der Waals surface area contributed by atoms with Gasteiger partial charge in [-0.1, -0.05) is 24.3 Å². The van der Waals surface area contributed by atoms with Gasteiger partial charge < -0.3 is 25.4 Å². The van der Waals surface area contributed by atoms with E-state index < -0.39 is 41.3 Å². The number of morpholine rings is 1. The van der Waals surface area contributed by atoms with E-state index in [0.29, 0.717) is 61.9 Å². The topological polar surface area (TPSA) is 157 Å². The fraction of sp³-hybridized carbons (Fsp3) is 0.533. The Hall–Kier alpha value is -4.06. The summed E-state index contributed by atoms with van der Waals surface area (Å²) < 4.78 is 11.9. The van der Waals surface area contributed by atoms with E-state index in [9.17, 15) is 19.2 Å². The minimum atomic E-state index is -1.09. The van der Waals surface area contributed by atoms with Crippen molar-refractivity contribution >= 4 is 41.0 Å². The molecule has 1 aromatic heterocycles. The normalized spacial score (nSPS) is 31.0. The second kappa shape index (κ2) is 11.7. The second-order valence-electron chi connectivity index (χ2n) is 11.5. The van der Waals surface area contributed by atoms with Crippen molar-refractivity contribution in [2.75, 3.05) is 37.7 Å². The molecule has 1 saturated heterocycles. The summed E-state index contributed by atoms with van der Waals surface area (Å²) in [5.74, 6) is -1.85. The van der Waals surface area contributed by atoms with Crippen LogP contribution in [0.4, 0.5) is 10.7 Å². The standard InChI is InChI=1S/C30H35N6O6/c31-28(40)36-10-6-2-1-3-7-19-17-30(19,18-37)34-25(38)22-15-20(16-23(22)27(36)39)42-26-21-8-4-5-9-24(21)32-29(33-26)35-11-13-41-14-12-35/h3-5,7-9,19-20,22-23H,1-2,6,10-17H2,(H2,31,40)(H,34,38)/b7-3+. The molecule has 0 spiro atoms. The number of nitrogens with two attached hydrogens (primary N) is 1. The van der Waals surface area contributed by atoms with E-state index in [1.54, 1.807) is 0 Å². The zero-order valence-corrected chi connectivity index (χ0v) is 23.4. The number of fused-ring (bicyclic) bond motifs is 3. The van der Waals surface area contributed by atoms with Crippen LogP contribution in [0.25, 0.3) is 10.9 Å². The molecule has 1 radical (unpaired) electrons. The number of amides is 4. The van der Waals surface area contributed by atoms with Crippen LogP contribution in [-0.4, -0.2) is 83.5 Å². The molecule has 2 aliphatic heterocycles. The summed E-state index contributed by atoms with van der Waals surface area (Å²) in [6.07, 6.45) is 8.29. The monoisotopic (exact) mass is 575 g/mol. The first kappa shape index (κ1) is 28.1. The number of benzene rings is 1. The van der Waals surface area contributed by atoms with Gasteiger partial charge in [0.25, 0.3) is 0 Å². The maximum Gasteiger partial charge on any atom is 0.321 e. The molecule has 2 saturated carbocycles. The molecular weight excluding hydrogens is 540 g/mol. The van der Waals surface area contributed by atoms with Gasteiger partial charge in [-0.25, -0.2) is 9.78 Å². The highest BCUT2D eigenvalue weighted by atomic mass is 16.5. The molecule has 12 nitrogen and oxygen atoms in total. The van der Waals surface area contributed by atoms with Crippen LogP contribution >= 0.6 is 0 Å². The average Bonchev–Trinajstić information content (AvgIpc) is 3.51. The van der Waals surface area contributed by atoms with Gasteiger partial charge >= 0.3 is 6.03 Å². The summed E-state index contributed by atoms with van der Waals surface area (Å²) in [7, 11) is 0. The number of nitrogens with one attached hydrogen (secondary N) is 1. The van der Waals surface area contributed by atoms with E-state index >= 15 is 0 Å². The van der Waals surface area contributed by atoms with E-state index in [2.05, 4.69) is 5.32 Å². The van der Waals surface area contributed by atoms with Crippen LogP contribution in [0.5, 0.6) is 5.88 Å². The third-order valence-corrected chi connectivity index (χ3v) is 8.75. The number of urea groups is 1. The fourth-order valence-corrected chi connectivity index (χ4v) is 6.28. The van der Waals surface area contributed by atoms with Gasteiger partial charge in [-0.05, 0) is 50.7 Å². The molecule has 221 valence electrons. The van der Waals surface area contributed by atoms with E-state index in [4.69, 9.17) is 25.2 Å². The van der Waals surface area contributed by atoms with Crippen molar-refractivity contribution in [1.29, 1.82) is 0 Å². The first-order valence-electron chi connectivity index (χ1n) is 14.6. The Morgan fingerprint density at radius 3 is 2.67 bits per heavy atom. The molecule has 4 amide bonds. The molecule has 0 bridgehead atoms. The Labute approximate surface area is 243 Å². The fourth-order valence-electron chi connectivity index (χ4n) is 6.28. The van der Waals surface area contributed by atoms with E-state index in [-0.39, 0.29) is 25.3 Å². The van der Waals surface area contributed by atoms with Crippen molar-refractivity contribution < 1.29 is 28.7 Å². The highest BCUT2D eigenvalue weighted by Gasteiger charge is 2.57. The van der Waals surface area contributed by atoms with Crippen molar-refractivity contribution in [3.63, 3.8) is 0 Å². The number of anilines is 1. The number of para-hydroxylation sites is 1. The van der Waals surface area contributed by atoms with Gasteiger partial charge in [0.2, 0.25) is 29.9 Å². The maximum atomic E-state index is 13.8. The smallest absolute Gasteiger partial charge is 0.321 e. The van der Waals surface area contributed by atoms with Crippen molar-refractivity contribution in [2.45, 2.75) is 50.2 Å². The molecule has 42 heavy (non-hydrogen) atoms. The molecule has 3 fully saturated rings. The molecule has 1 aromatic carbocycles. The third kappa shape index (κ3) is 5.55. The van der Waals surface area contributed by atoms with Gasteiger partial charge in [0, 0.05) is 25.6 Å². The first-order chi connectivity index (χ1) is 20.4. The Balaban J connectivity index is 1.30. The van der Waals surface area contributed by atoms with Crippen LogP contribution in [-0.2, 0) is 19.1 Å². The predicted molar refractivity (Wildman–Crippen MR) is 152 cm³/mol. The zero-order valence-electron chi connectivity index (χ0n) is 23.4. The number of nitrogens with zero attached hydrogens (tertiary/aromatic N) is 4. The zero-order chi connectivity index (χ0) is 29.3. The highest BCUT2D eigenvalue weighted by molar-refractivity contribution is 5.98. The van der Waals surface area contributed by atoms with Crippen LogP contribution in [0.1, 0.15) is 38.5 Å². The third-order valence-electron chi connectivity index (χ3n) is 8.75. The van der Waals surface area contributed by atoms with Gasteiger partial charge in [-0.2, -0.15) is 4.98 Å². The molecule has 2 aliphatic carbocycles. The lowest BCUT2D eigenvalue weighted by atomic mass is 9.93. The average molecular weight is 576 g/mol. The van der Waals surface area contributed by atoms with Gasteiger partial charge in [0.15, 0.2) is 0 Å². The molecule has 5 atom stereocenters. The van der Waals surface area contributed by atoms with Gasteiger partial charge in [0.05, 0.1) is 36.0 Å². The van der Waals surface area contributed by atoms with Crippen molar-refractivity contribution in [3.05, 3.63) is 36.4 Å². The molecular formula is C30H35N6O6. The number of rotatable bonds is 4. The summed E-state index contributed by atoms with van der Waals surface area (Å²) in [5, 5.41) is 3.59. The summed E-state index contributed by atoms with van der Waals surface area (Å²) in [4.78, 5) is 64.2. The molecule has 6 rings (SSSR count). The Morgan fingerprint density at radius 1 is 1.10 bits per heavy atom. The van der Waals surface area contributed by atoms with Gasteiger partial charge in [-0.3, -0.25) is 19.3 Å². The number of imide groups is 1. The van der Waals surface area contributed by atoms with Gasteiger partial charge in [-0.15, -0.1) is 0 Å². The lowest BCUT2D eigenvalue weighted by Crippen LogP contribution is -2.49. The van der Waals surface area contributed by atoms with Crippen LogP contribution in [0, 0.1) is 17.8 Å². The number of ether oxygens (including phenoxy) is 2. The van der Waals surface area contributed by atoms with Crippen LogP contribution in [0.3, 0.4) is 0 Å². The maximum absolute atomic E-state index is 13.8. The lowest BCUT2D eigenvalue weighted by Gasteiger charge is -2.27. The van der Waals surface area contributed by atoms with Gasteiger partial charge in [0.1, 0.15) is 11.6 Å². The number of hydrogen-bond donors (Lipinski definition) is 2. The molecule has 5 unspecified atom stereocenters. The second-order valence-corrected chi connectivity index (χ2v) is 11.5. The lowest BCUT2D eigenvalue weighted by molar-refractivity contribution is -0.138.